The molecule has 1 aromatic rings. The number of Topliss-reactive ketones (excluding diaryl/α,β-unsaturated/α-hetero) is 1. The smallest absolute Gasteiger partial charge is 0.336 e. The van der Waals surface area contributed by atoms with Gasteiger partial charge >= 0.3 is 17.6 Å². The van der Waals surface area contributed by atoms with Gasteiger partial charge in [0, 0.05) is 34.7 Å². The topological polar surface area (TPSA) is 154 Å². The van der Waals surface area contributed by atoms with Crippen LogP contribution in [-0.4, -0.2) is 59.6 Å². The summed E-state index contributed by atoms with van der Waals surface area (Å²) < 4.78 is 15.9. The maximum atomic E-state index is 13.8. The van der Waals surface area contributed by atoms with Crippen molar-refractivity contribution in [3.05, 3.63) is 50.4 Å². The molecule has 0 amide bonds. The number of thioether (sulfide) groups is 1. The molecule has 0 spiro atoms. The first-order valence-corrected chi connectivity index (χ1v) is 13.4. The number of aromatic hydroxyl groups is 1. The minimum atomic E-state index is -1.11. The Morgan fingerprint density at radius 3 is 2.61 bits per heavy atom. The highest BCUT2D eigenvalue weighted by molar-refractivity contribution is 7.99. The van der Waals surface area contributed by atoms with E-state index in [-0.39, 0.29) is 41.6 Å². The Bertz CT molecular complexity index is 1210. The summed E-state index contributed by atoms with van der Waals surface area (Å²) in [5, 5.41) is 25.4. The number of benzene rings is 1. The molecule has 1 heterocycles. The molecular formula is C26H32N2O9S. The summed E-state index contributed by atoms with van der Waals surface area (Å²) in [5.41, 5.74) is 0.676. The Kier molecular flexibility index (Phi) is 9.42. The second kappa shape index (κ2) is 12.3. The minimum Gasteiger partial charge on any atom is -0.500 e. The van der Waals surface area contributed by atoms with E-state index in [1.54, 1.807) is 32.5 Å². The van der Waals surface area contributed by atoms with Crippen molar-refractivity contribution in [2.75, 3.05) is 31.8 Å². The lowest BCUT2D eigenvalue weighted by atomic mass is 9.69. The van der Waals surface area contributed by atoms with Crippen molar-refractivity contribution in [1.29, 1.82) is 0 Å². The van der Waals surface area contributed by atoms with E-state index in [2.05, 4.69) is 5.32 Å². The zero-order chi connectivity index (χ0) is 28.1. The van der Waals surface area contributed by atoms with Crippen LogP contribution in [0.3, 0.4) is 0 Å². The molecule has 0 radical (unpaired) electrons. The van der Waals surface area contributed by atoms with E-state index in [9.17, 15) is 29.6 Å². The van der Waals surface area contributed by atoms with Gasteiger partial charge in [-0.15, -0.1) is 0 Å². The van der Waals surface area contributed by atoms with Crippen LogP contribution >= 0.6 is 11.8 Å². The summed E-state index contributed by atoms with van der Waals surface area (Å²) in [7, 11) is 1.20. The van der Waals surface area contributed by atoms with E-state index < -0.39 is 45.9 Å². The number of nitro groups is 1. The molecule has 206 valence electrons. The van der Waals surface area contributed by atoms with Crippen molar-refractivity contribution in [3.8, 4) is 11.5 Å². The standard InChI is InChI=1S/C26H32N2O9S/c1-6-36-18-12-15(11-17(23(18)29)28(33)34)21-20(26(32)37-8-9-38-7-2)14(4)27-16-10-13(3)19(25(31)35-5)24(30)22(16)21/h11-13,19,21,27,29H,6-10H2,1-5H3/t13-,19+,21-/m0/s1. The summed E-state index contributed by atoms with van der Waals surface area (Å²) in [6.07, 6.45) is 0.308. The maximum absolute atomic E-state index is 13.8. The molecule has 2 N–H and O–H groups in total. The van der Waals surface area contributed by atoms with Crippen LogP contribution < -0.4 is 10.1 Å². The molecular weight excluding hydrogens is 516 g/mol. The van der Waals surface area contributed by atoms with Crippen LogP contribution in [0.4, 0.5) is 5.69 Å². The molecule has 0 unspecified atom stereocenters. The monoisotopic (exact) mass is 548 g/mol. The Morgan fingerprint density at radius 1 is 1.29 bits per heavy atom. The van der Waals surface area contributed by atoms with Crippen molar-refractivity contribution in [3.63, 3.8) is 0 Å². The predicted molar refractivity (Wildman–Crippen MR) is 140 cm³/mol. The summed E-state index contributed by atoms with van der Waals surface area (Å²) in [4.78, 5) is 50.8. The third-order valence-corrected chi connectivity index (χ3v) is 7.40. The number of nitro benzene ring substituents is 1. The molecule has 0 fully saturated rings. The molecule has 0 saturated carbocycles. The van der Waals surface area contributed by atoms with Crippen molar-refractivity contribution in [1.82, 2.24) is 5.32 Å². The van der Waals surface area contributed by atoms with Crippen molar-refractivity contribution in [2.45, 2.75) is 40.0 Å². The number of ether oxygens (including phenoxy) is 3. The van der Waals surface area contributed by atoms with Gasteiger partial charge < -0.3 is 24.6 Å². The fourth-order valence-electron chi connectivity index (χ4n) is 4.88. The first-order valence-electron chi connectivity index (χ1n) is 12.3. The average molecular weight is 549 g/mol. The van der Waals surface area contributed by atoms with Gasteiger partial charge in [-0.3, -0.25) is 19.7 Å². The second-order valence-electron chi connectivity index (χ2n) is 8.95. The van der Waals surface area contributed by atoms with Crippen LogP contribution in [0.5, 0.6) is 11.5 Å². The molecule has 0 saturated heterocycles. The fourth-order valence-corrected chi connectivity index (χ4v) is 5.37. The normalized spacial score (nSPS) is 21.0. The van der Waals surface area contributed by atoms with Crippen LogP contribution in [-0.2, 0) is 23.9 Å². The number of phenolic OH excluding ortho intramolecular Hbond substituents is 1. The van der Waals surface area contributed by atoms with Gasteiger partial charge in [0.25, 0.3) is 0 Å². The number of ketones is 1. The quantitative estimate of drug-likeness (QED) is 0.145. The van der Waals surface area contributed by atoms with Gasteiger partial charge in [-0.25, -0.2) is 4.79 Å². The van der Waals surface area contributed by atoms with Gasteiger partial charge in [-0.2, -0.15) is 11.8 Å². The number of carbonyl (C=O) groups excluding carboxylic acids is 3. The predicted octanol–water partition coefficient (Wildman–Crippen LogP) is 3.61. The lowest BCUT2D eigenvalue weighted by Gasteiger charge is -2.38. The number of methoxy groups -OCH3 is 1. The Balaban J connectivity index is 2.24. The molecule has 11 nitrogen and oxygen atoms in total. The highest BCUT2D eigenvalue weighted by Gasteiger charge is 2.47. The number of hydrogen-bond acceptors (Lipinski definition) is 11. The van der Waals surface area contributed by atoms with E-state index in [0.29, 0.717) is 23.6 Å². The Morgan fingerprint density at radius 2 is 2.00 bits per heavy atom. The highest BCUT2D eigenvalue weighted by atomic mass is 32.2. The number of nitrogens with zero attached hydrogens (tertiary/aromatic N) is 1. The van der Waals surface area contributed by atoms with E-state index in [4.69, 9.17) is 14.2 Å². The van der Waals surface area contributed by atoms with Crippen molar-refractivity contribution in [2.24, 2.45) is 11.8 Å². The number of rotatable bonds is 10. The van der Waals surface area contributed by atoms with Crippen molar-refractivity contribution >= 4 is 35.2 Å². The Hall–Kier alpha value is -3.54. The lowest BCUT2D eigenvalue weighted by molar-refractivity contribution is -0.386. The van der Waals surface area contributed by atoms with Crippen LogP contribution in [0.25, 0.3) is 0 Å². The van der Waals surface area contributed by atoms with E-state index >= 15 is 0 Å². The van der Waals surface area contributed by atoms with E-state index in [0.717, 1.165) is 11.8 Å². The number of carbonyl (C=O) groups is 3. The van der Waals surface area contributed by atoms with Gasteiger partial charge in [-0.05, 0) is 43.6 Å². The first kappa shape index (κ1) is 29.0. The number of allylic oxidation sites excluding steroid dienone is 3. The lowest BCUT2D eigenvalue weighted by Crippen LogP contribution is -2.43. The molecule has 1 aliphatic carbocycles. The van der Waals surface area contributed by atoms with Gasteiger partial charge in [-0.1, -0.05) is 13.8 Å². The van der Waals surface area contributed by atoms with Crippen LogP contribution in [0, 0.1) is 22.0 Å². The maximum Gasteiger partial charge on any atom is 0.336 e. The van der Waals surface area contributed by atoms with Gasteiger partial charge in [0.15, 0.2) is 11.5 Å². The van der Waals surface area contributed by atoms with E-state index in [1.807, 2.05) is 6.92 Å². The molecule has 2 aliphatic rings. The fraction of sp³-hybridized carbons (Fsp3) is 0.500. The summed E-state index contributed by atoms with van der Waals surface area (Å²) in [5.74, 6) is -3.96. The third kappa shape index (κ3) is 5.64. The number of nitrogens with one attached hydrogen (secondary N) is 1. The molecule has 38 heavy (non-hydrogen) atoms. The SMILES string of the molecule is CCOc1cc([C@H]2C(C(=O)OCCSCC)=C(C)NC3=C2C(=O)[C@H](C(=O)OC)[C@@H](C)C3)cc([N+](=O)[O-])c1O. The summed E-state index contributed by atoms with van der Waals surface area (Å²) in [6, 6.07) is 2.49. The second-order valence-corrected chi connectivity index (χ2v) is 10.3. The molecule has 1 aromatic carbocycles. The van der Waals surface area contributed by atoms with Crippen LogP contribution in [0.1, 0.15) is 45.6 Å². The third-order valence-electron chi connectivity index (χ3n) is 6.53. The van der Waals surface area contributed by atoms with Gasteiger partial charge in [0.1, 0.15) is 12.5 Å². The molecule has 1 aliphatic heterocycles. The number of esters is 2. The zero-order valence-electron chi connectivity index (χ0n) is 22.0. The molecule has 0 bridgehead atoms. The van der Waals surface area contributed by atoms with Crippen LogP contribution in [0.2, 0.25) is 0 Å². The summed E-state index contributed by atoms with van der Waals surface area (Å²) >= 11 is 1.59. The Labute approximate surface area is 224 Å². The van der Waals surface area contributed by atoms with E-state index in [1.165, 1.54) is 13.2 Å². The number of phenols is 1. The molecule has 0 aromatic heterocycles. The molecule has 12 heteroatoms. The highest BCUT2D eigenvalue weighted by Crippen LogP contribution is 2.48. The number of hydrogen-bond donors (Lipinski definition) is 2. The van der Waals surface area contributed by atoms with Crippen LogP contribution in [0.15, 0.2) is 34.7 Å². The van der Waals surface area contributed by atoms with Crippen molar-refractivity contribution < 1.29 is 38.6 Å². The minimum absolute atomic E-state index is 0.0826. The number of dihydropyridines is 1. The van der Waals surface area contributed by atoms with Gasteiger partial charge in [0.05, 0.1) is 24.2 Å². The average Bonchev–Trinajstić information content (AvgIpc) is 2.86. The first-order chi connectivity index (χ1) is 18.1. The molecule has 3 rings (SSSR count). The summed E-state index contributed by atoms with van der Waals surface area (Å²) in [6.45, 7) is 7.28. The zero-order valence-corrected chi connectivity index (χ0v) is 22.8. The van der Waals surface area contributed by atoms with Gasteiger partial charge in [0.2, 0.25) is 5.75 Å². The largest absolute Gasteiger partial charge is 0.500 e. The molecule has 3 atom stereocenters.